The monoisotopic (exact) mass is 473 g/mol. The van der Waals surface area contributed by atoms with Crippen LogP contribution in [0.4, 0.5) is 19.0 Å². The number of benzene rings is 1. The molecule has 164 valence electrons. The highest BCUT2D eigenvalue weighted by molar-refractivity contribution is 7.89. The van der Waals surface area contributed by atoms with Crippen LogP contribution in [-0.2, 0) is 16.2 Å². The van der Waals surface area contributed by atoms with Crippen molar-refractivity contribution in [2.45, 2.75) is 11.1 Å². The number of rotatable bonds is 4. The second-order valence-electron chi connectivity index (χ2n) is 6.67. The first-order valence-corrected chi connectivity index (χ1v) is 10.8. The van der Waals surface area contributed by atoms with Crippen molar-refractivity contribution in [1.29, 1.82) is 0 Å². The van der Waals surface area contributed by atoms with Gasteiger partial charge in [0.2, 0.25) is 10.0 Å². The molecule has 3 aromatic rings. The van der Waals surface area contributed by atoms with Crippen LogP contribution in [0, 0.1) is 0 Å². The van der Waals surface area contributed by atoms with E-state index in [9.17, 15) is 21.6 Å². The zero-order chi connectivity index (χ0) is 22.2. The fourth-order valence-electron chi connectivity index (χ4n) is 3.17. The van der Waals surface area contributed by atoms with Gasteiger partial charge >= 0.3 is 6.18 Å². The number of anilines is 1. The van der Waals surface area contributed by atoms with Gasteiger partial charge in [0, 0.05) is 32.4 Å². The maximum absolute atomic E-state index is 13.1. The maximum Gasteiger partial charge on any atom is 0.417 e. The van der Waals surface area contributed by atoms with E-state index in [0.717, 1.165) is 12.3 Å². The third-order valence-corrected chi connectivity index (χ3v) is 6.93. The number of alkyl halides is 3. The molecule has 3 heterocycles. The molecule has 31 heavy (non-hydrogen) atoms. The van der Waals surface area contributed by atoms with E-state index in [1.54, 1.807) is 17.0 Å². The van der Waals surface area contributed by atoms with Crippen molar-refractivity contribution < 1.29 is 21.6 Å². The van der Waals surface area contributed by atoms with E-state index in [0.29, 0.717) is 5.69 Å². The molecule has 1 aliphatic rings. The minimum Gasteiger partial charge on any atom is -0.353 e. The largest absolute Gasteiger partial charge is 0.417 e. The molecule has 0 N–H and O–H groups in total. The Labute approximate surface area is 180 Å². The lowest BCUT2D eigenvalue weighted by atomic mass is 10.2. The van der Waals surface area contributed by atoms with Crippen molar-refractivity contribution in [3.05, 3.63) is 53.4 Å². The normalized spacial score (nSPS) is 15.9. The van der Waals surface area contributed by atoms with E-state index < -0.39 is 21.8 Å². The van der Waals surface area contributed by atoms with Crippen LogP contribution in [0.3, 0.4) is 0 Å². The van der Waals surface area contributed by atoms with Gasteiger partial charge in [0.05, 0.1) is 21.2 Å². The second-order valence-corrected chi connectivity index (χ2v) is 9.02. The minimum absolute atomic E-state index is 0.0830. The van der Waals surface area contributed by atoms with Gasteiger partial charge in [0.1, 0.15) is 12.1 Å². The number of piperazine rings is 1. The molecule has 1 aliphatic heterocycles. The lowest BCUT2D eigenvalue weighted by molar-refractivity contribution is -0.137. The van der Waals surface area contributed by atoms with Crippen molar-refractivity contribution in [3.8, 4) is 5.69 Å². The fraction of sp³-hybridized carbons (Fsp3) is 0.294. The maximum atomic E-state index is 13.1. The SMILES string of the molecule is O=S(=O)(c1cccc(-n2cnnn2)c1)N1CCN(c2ncc(C(F)(F)F)cc2Cl)CC1. The Hall–Kier alpha value is -2.77. The quantitative estimate of drug-likeness (QED) is 0.573. The van der Waals surface area contributed by atoms with Gasteiger partial charge in [0.15, 0.2) is 0 Å². The van der Waals surface area contributed by atoms with Gasteiger partial charge in [-0.25, -0.2) is 18.1 Å². The number of sulfonamides is 1. The van der Waals surface area contributed by atoms with Crippen LogP contribution >= 0.6 is 11.6 Å². The third kappa shape index (κ3) is 4.34. The summed E-state index contributed by atoms with van der Waals surface area (Å²) in [6, 6.07) is 7.02. The Morgan fingerprint density at radius 2 is 1.81 bits per heavy atom. The summed E-state index contributed by atoms with van der Waals surface area (Å²) >= 11 is 6.00. The van der Waals surface area contributed by atoms with Crippen molar-refractivity contribution in [2.75, 3.05) is 31.1 Å². The lowest BCUT2D eigenvalue weighted by Gasteiger charge is -2.35. The van der Waals surface area contributed by atoms with Crippen LogP contribution in [0.15, 0.2) is 47.8 Å². The molecular weight excluding hydrogens is 459 g/mol. The van der Waals surface area contributed by atoms with Gasteiger partial charge in [-0.3, -0.25) is 0 Å². The van der Waals surface area contributed by atoms with E-state index in [4.69, 9.17) is 11.6 Å². The molecule has 1 saturated heterocycles. The number of hydrogen-bond donors (Lipinski definition) is 0. The average molecular weight is 474 g/mol. The predicted molar refractivity (Wildman–Crippen MR) is 104 cm³/mol. The number of pyridine rings is 1. The highest BCUT2D eigenvalue weighted by atomic mass is 35.5. The zero-order valence-electron chi connectivity index (χ0n) is 15.7. The summed E-state index contributed by atoms with van der Waals surface area (Å²) in [5.74, 6) is 0.187. The molecule has 0 bridgehead atoms. The summed E-state index contributed by atoms with van der Waals surface area (Å²) in [6.07, 6.45) is -2.47. The molecular formula is C17H15ClF3N7O2S. The topological polar surface area (TPSA) is 97.1 Å². The number of nitrogens with zero attached hydrogens (tertiary/aromatic N) is 7. The second kappa shape index (κ2) is 8.05. The van der Waals surface area contributed by atoms with Crippen molar-refractivity contribution in [1.82, 2.24) is 29.5 Å². The Morgan fingerprint density at radius 3 is 2.42 bits per heavy atom. The van der Waals surface area contributed by atoms with E-state index in [1.807, 2.05) is 0 Å². The molecule has 0 aliphatic carbocycles. The number of halogens is 4. The number of aromatic nitrogens is 5. The van der Waals surface area contributed by atoms with Crippen molar-refractivity contribution >= 4 is 27.4 Å². The van der Waals surface area contributed by atoms with Gasteiger partial charge in [-0.15, -0.1) is 5.10 Å². The summed E-state index contributed by atoms with van der Waals surface area (Å²) in [7, 11) is -3.79. The Kier molecular flexibility index (Phi) is 5.58. The van der Waals surface area contributed by atoms with E-state index in [2.05, 4.69) is 20.5 Å². The van der Waals surface area contributed by atoms with Crippen molar-refractivity contribution in [3.63, 3.8) is 0 Å². The predicted octanol–water partition coefficient (Wildman–Crippen LogP) is 2.24. The average Bonchev–Trinajstić information content (AvgIpc) is 3.28. The minimum atomic E-state index is -4.54. The first-order valence-electron chi connectivity index (χ1n) is 8.97. The number of hydrogen-bond acceptors (Lipinski definition) is 7. The van der Waals surface area contributed by atoms with Gasteiger partial charge < -0.3 is 4.90 Å². The molecule has 2 aromatic heterocycles. The van der Waals surface area contributed by atoms with Gasteiger partial charge in [-0.2, -0.15) is 17.5 Å². The highest BCUT2D eigenvalue weighted by Crippen LogP contribution is 2.34. The first kappa shape index (κ1) is 21.5. The van der Waals surface area contributed by atoms with Crippen molar-refractivity contribution in [2.24, 2.45) is 0 Å². The van der Waals surface area contributed by atoms with E-state index in [1.165, 1.54) is 27.4 Å². The molecule has 0 saturated carbocycles. The molecule has 0 spiro atoms. The summed E-state index contributed by atoms with van der Waals surface area (Å²) in [6.45, 7) is 0.695. The van der Waals surface area contributed by atoms with Gasteiger partial charge in [-0.1, -0.05) is 17.7 Å². The Bertz CT molecular complexity index is 1180. The zero-order valence-corrected chi connectivity index (χ0v) is 17.3. The molecule has 0 unspecified atom stereocenters. The van der Waals surface area contributed by atoms with Crippen LogP contribution in [0.5, 0.6) is 0 Å². The standard InChI is InChI=1S/C17H15ClF3N7O2S/c18-15-8-12(17(19,20)21)10-22-16(15)26-4-6-27(7-5-26)31(29,30)14-3-1-2-13(9-14)28-11-23-24-25-28/h1-3,8-11H,4-7H2. The molecule has 4 rings (SSSR count). The molecule has 1 fully saturated rings. The van der Waals surface area contributed by atoms with E-state index in [-0.39, 0.29) is 41.9 Å². The van der Waals surface area contributed by atoms with Crippen LogP contribution in [-0.4, -0.2) is 64.1 Å². The third-order valence-electron chi connectivity index (χ3n) is 4.76. The Balaban J connectivity index is 1.49. The molecule has 0 radical (unpaired) electrons. The molecule has 14 heteroatoms. The fourth-order valence-corrected chi connectivity index (χ4v) is 4.92. The first-order chi connectivity index (χ1) is 14.7. The molecule has 0 amide bonds. The molecule has 0 atom stereocenters. The van der Waals surface area contributed by atoms with Crippen LogP contribution in [0.1, 0.15) is 5.56 Å². The van der Waals surface area contributed by atoms with Crippen LogP contribution in [0.25, 0.3) is 5.69 Å². The smallest absolute Gasteiger partial charge is 0.353 e. The summed E-state index contributed by atoms with van der Waals surface area (Å²) < 4.78 is 67.2. The van der Waals surface area contributed by atoms with E-state index >= 15 is 0 Å². The number of tetrazole rings is 1. The molecule has 1 aromatic carbocycles. The van der Waals surface area contributed by atoms with Gasteiger partial charge in [-0.05, 0) is 34.7 Å². The lowest BCUT2D eigenvalue weighted by Crippen LogP contribution is -2.49. The van der Waals surface area contributed by atoms with Crippen LogP contribution in [0.2, 0.25) is 5.02 Å². The van der Waals surface area contributed by atoms with Crippen LogP contribution < -0.4 is 4.90 Å². The van der Waals surface area contributed by atoms with Gasteiger partial charge in [0.25, 0.3) is 0 Å². The summed E-state index contributed by atoms with van der Waals surface area (Å²) in [5, 5.41) is 10.7. The summed E-state index contributed by atoms with van der Waals surface area (Å²) in [4.78, 5) is 5.58. The summed E-state index contributed by atoms with van der Waals surface area (Å²) in [5.41, 5.74) is -0.449. The Morgan fingerprint density at radius 1 is 1.06 bits per heavy atom. The highest BCUT2D eigenvalue weighted by Gasteiger charge is 2.33. The molecule has 9 nitrogen and oxygen atoms in total.